The summed E-state index contributed by atoms with van der Waals surface area (Å²) in [5.41, 5.74) is 1.22. The summed E-state index contributed by atoms with van der Waals surface area (Å²) < 4.78 is 14.9. The molecule has 0 radical (unpaired) electrons. The molecule has 2 atom stereocenters. The van der Waals surface area contributed by atoms with E-state index in [9.17, 15) is 19.1 Å². The molecule has 1 aromatic carbocycles. The first-order valence-corrected chi connectivity index (χ1v) is 7.69. The lowest BCUT2D eigenvalue weighted by atomic mass is 10.0. The highest BCUT2D eigenvalue weighted by Crippen LogP contribution is 2.26. The van der Waals surface area contributed by atoms with E-state index in [2.05, 4.69) is 5.10 Å². The van der Waals surface area contributed by atoms with Gasteiger partial charge in [-0.1, -0.05) is 12.1 Å². The number of aryl methyl sites for hydroxylation is 1. The zero-order valence-corrected chi connectivity index (χ0v) is 13.2. The van der Waals surface area contributed by atoms with Crippen molar-refractivity contribution in [1.29, 1.82) is 0 Å². The molecule has 2 unspecified atom stereocenters. The number of hydrogen-bond donors (Lipinski definition) is 1. The van der Waals surface area contributed by atoms with Crippen LogP contribution in [0.5, 0.6) is 0 Å². The molecule has 1 fully saturated rings. The summed E-state index contributed by atoms with van der Waals surface area (Å²) in [6.45, 7) is -0.162. The molecule has 1 aliphatic rings. The minimum absolute atomic E-state index is 0.115. The van der Waals surface area contributed by atoms with Crippen molar-refractivity contribution in [3.63, 3.8) is 0 Å². The van der Waals surface area contributed by atoms with Crippen LogP contribution in [0, 0.1) is 11.7 Å². The number of halogens is 1. The molecule has 2 amide bonds. The average Bonchev–Trinajstić information content (AvgIpc) is 3.06. The number of benzene rings is 1. The molecule has 1 aromatic heterocycles. The second kappa shape index (κ2) is 6.52. The van der Waals surface area contributed by atoms with Crippen LogP contribution in [0.25, 0.3) is 0 Å². The molecule has 0 aliphatic carbocycles. The van der Waals surface area contributed by atoms with Crippen LogP contribution in [-0.2, 0) is 23.1 Å². The van der Waals surface area contributed by atoms with Crippen molar-refractivity contribution in [3.8, 4) is 0 Å². The lowest BCUT2D eigenvalue weighted by Gasteiger charge is -2.19. The smallest absolute Gasteiger partial charge is 0.233 e. The van der Waals surface area contributed by atoms with Gasteiger partial charge in [-0.25, -0.2) is 4.39 Å². The molecular formula is C17H18FN3O3. The fraction of sp³-hybridized carbons (Fsp3) is 0.353. The Balaban J connectivity index is 1.67. The molecule has 126 valence electrons. The second-order valence-electron chi connectivity index (χ2n) is 6.04. The van der Waals surface area contributed by atoms with Gasteiger partial charge >= 0.3 is 0 Å². The number of rotatable bonds is 5. The topological polar surface area (TPSA) is 75.4 Å². The first kappa shape index (κ1) is 16.3. The monoisotopic (exact) mass is 331 g/mol. The number of carbonyl (C=O) groups excluding carboxylic acids is 2. The summed E-state index contributed by atoms with van der Waals surface area (Å²) in [4.78, 5) is 25.6. The van der Waals surface area contributed by atoms with Crippen LogP contribution in [0.1, 0.15) is 23.7 Å². The number of aliphatic hydroxyl groups excluding tert-OH is 1. The molecule has 7 heteroatoms. The van der Waals surface area contributed by atoms with Crippen LogP contribution < -0.4 is 0 Å². The van der Waals surface area contributed by atoms with E-state index in [-0.39, 0.29) is 24.8 Å². The molecule has 2 aromatic rings. The summed E-state index contributed by atoms with van der Waals surface area (Å²) in [5.74, 6) is -1.54. The Labute approximate surface area is 138 Å². The largest absolute Gasteiger partial charge is 0.387 e. The predicted molar refractivity (Wildman–Crippen MR) is 83.1 cm³/mol. The summed E-state index contributed by atoms with van der Waals surface area (Å²) in [6, 6.07) is 5.51. The number of likely N-dealkylation sites (tertiary alicyclic amines) is 1. The maximum Gasteiger partial charge on any atom is 0.233 e. The molecule has 3 rings (SSSR count). The molecule has 6 nitrogen and oxygen atoms in total. The van der Waals surface area contributed by atoms with E-state index < -0.39 is 17.8 Å². The number of aliphatic hydroxyl groups is 1. The molecule has 1 N–H and O–H groups in total. The van der Waals surface area contributed by atoms with Crippen LogP contribution in [-0.4, -0.2) is 38.1 Å². The molecule has 24 heavy (non-hydrogen) atoms. The van der Waals surface area contributed by atoms with Gasteiger partial charge in [0.25, 0.3) is 0 Å². The quantitative estimate of drug-likeness (QED) is 0.836. The van der Waals surface area contributed by atoms with Gasteiger partial charge in [0.1, 0.15) is 5.82 Å². The average molecular weight is 331 g/mol. The maximum absolute atomic E-state index is 13.2. The number of amides is 2. The Morgan fingerprint density at radius 1 is 1.42 bits per heavy atom. The normalized spacial score (nSPS) is 19.1. The van der Waals surface area contributed by atoms with E-state index in [1.807, 2.05) is 6.20 Å². The molecule has 0 bridgehead atoms. The Morgan fingerprint density at radius 3 is 2.88 bits per heavy atom. The first-order chi connectivity index (χ1) is 11.4. The molecule has 1 aliphatic heterocycles. The third-order valence-electron chi connectivity index (χ3n) is 4.17. The van der Waals surface area contributed by atoms with Gasteiger partial charge in [0.15, 0.2) is 0 Å². The van der Waals surface area contributed by atoms with Gasteiger partial charge in [-0.2, -0.15) is 5.10 Å². The Hall–Kier alpha value is -2.54. The summed E-state index contributed by atoms with van der Waals surface area (Å²) >= 11 is 0. The highest BCUT2D eigenvalue weighted by atomic mass is 19.1. The summed E-state index contributed by atoms with van der Waals surface area (Å²) in [6.07, 6.45) is 2.92. The van der Waals surface area contributed by atoms with Crippen molar-refractivity contribution >= 4 is 11.8 Å². The molecular weight excluding hydrogens is 313 g/mol. The number of aromatic nitrogens is 2. The van der Waals surface area contributed by atoms with E-state index in [1.165, 1.54) is 18.2 Å². The summed E-state index contributed by atoms with van der Waals surface area (Å²) in [5, 5.41) is 14.2. The number of imide groups is 1. The number of β-amino-alcohol motifs (C(OH)–C–C–N with tert-alkyl or cyclic N) is 1. The van der Waals surface area contributed by atoms with Crippen molar-refractivity contribution in [2.45, 2.75) is 18.9 Å². The van der Waals surface area contributed by atoms with Crippen LogP contribution in [0.3, 0.4) is 0 Å². The van der Waals surface area contributed by atoms with E-state index in [0.29, 0.717) is 12.0 Å². The minimum Gasteiger partial charge on any atom is -0.387 e. The molecule has 2 heterocycles. The van der Waals surface area contributed by atoms with E-state index in [0.717, 1.165) is 10.5 Å². The number of carbonyl (C=O) groups is 2. The SMILES string of the molecule is Cn1cc(CC2CC(=O)N(CC(O)c3cccc(F)c3)C2=O)cn1. The predicted octanol–water partition coefficient (Wildman–Crippen LogP) is 1.21. The lowest BCUT2D eigenvalue weighted by molar-refractivity contribution is -0.141. The van der Waals surface area contributed by atoms with Crippen LogP contribution >= 0.6 is 0 Å². The van der Waals surface area contributed by atoms with Crippen LogP contribution in [0.4, 0.5) is 4.39 Å². The Bertz CT molecular complexity index is 774. The Morgan fingerprint density at radius 2 is 2.21 bits per heavy atom. The first-order valence-electron chi connectivity index (χ1n) is 7.69. The minimum atomic E-state index is -1.11. The van der Waals surface area contributed by atoms with Gasteiger partial charge in [0.2, 0.25) is 11.8 Å². The number of nitrogens with zero attached hydrogens (tertiary/aromatic N) is 3. The third-order valence-corrected chi connectivity index (χ3v) is 4.17. The lowest BCUT2D eigenvalue weighted by Crippen LogP contribution is -2.34. The molecule has 1 saturated heterocycles. The van der Waals surface area contributed by atoms with Crippen LogP contribution in [0.15, 0.2) is 36.7 Å². The van der Waals surface area contributed by atoms with Crippen molar-refractivity contribution in [2.75, 3.05) is 6.54 Å². The van der Waals surface area contributed by atoms with Gasteiger partial charge in [-0.15, -0.1) is 0 Å². The third kappa shape index (κ3) is 3.35. The fourth-order valence-electron chi connectivity index (χ4n) is 2.96. The van der Waals surface area contributed by atoms with Crippen molar-refractivity contribution in [2.24, 2.45) is 13.0 Å². The summed E-state index contributed by atoms with van der Waals surface area (Å²) in [7, 11) is 1.78. The van der Waals surface area contributed by atoms with Crippen molar-refractivity contribution in [1.82, 2.24) is 14.7 Å². The fourth-order valence-corrected chi connectivity index (χ4v) is 2.96. The Kier molecular flexibility index (Phi) is 4.44. The zero-order valence-electron chi connectivity index (χ0n) is 13.2. The molecule has 0 spiro atoms. The second-order valence-corrected chi connectivity index (χ2v) is 6.04. The zero-order chi connectivity index (χ0) is 17.3. The standard InChI is InChI=1S/C17H18FN3O3/c1-20-9-11(8-19-20)5-13-7-16(23)21(17(13)24)10-15(22)12-3-2-4-14(18)6-12/h2-4,6,8-9,13,15,22H,5,7,10H2,1H3. The van der Waals surface area contributed by atoms with Gasteiger partial charge in [-0.05, 0) is 29.7 Å². The number of hydrogen-bond acceptors (Lipinski definition) is 4. The van der Waals surface area contributed by atoms with E-state index >= 15 is 0 Å². The van der Waals surface area contributed by atoms with Gasteiger partial charge in [0.05, 0.1) is 24.8 Å². The molecule has 0 saturated carbocycles. The van der Waals surface area contributed by atoms with Gasteiger partial charge in [-0.3, -0.25) is 19.2 Å². The maximum atomic E-state index is 13.2. The van der Waals surface area contributed by atoms with Crippen molar-refractivity contribution < 1.29 is 19.1 Å². The van der Waals surface area contributed by atoms with Gasteiger partial charge in [0, 0.05) is 19.7 Å². The highest BCUT2D eigenvalue weighted by molar-refractivity contribution is 6.03. The van der Waals surface area contributed by atoms with Gasteiger partial charge < -0.3 is 5.11 Å². The van der Waals surface area contributed by atoms with Crippen molar-refractivity contribution in [3.05, 3.63) is 53.6 Å². The van der Waals surface area contributed by atoms with E-state index in [4.69, 9.17) is 0 Å². The highest BCUT2D eigenvalue weighted by Gasteiger charge is 2.39. The van der Waals surface area contributed by atoms with E-state index in [1.54, 1.807) is 24.0 Å². The van der Waals surface area contributed by atoms with Crippen LogP contribution in [0.2, 0.25) is 0 Å².